The molecule has 7 heteroatoms. The number of aliphatic hydroxyl groups is 1. The Bertz CT molecular complexity index is 1340. The van der Waals surface area contributed by atoms with E-state index in [1.165, 1.54) is 12.8 Å². The molecule has 0 radical (unpaired) electrons. The molecule has 0 saturated carbocycles. The van der Waals surface area contributed by atoms with E-state index in [9.17, 15) is 8.42 Å². The molecule has 1 aliphatic heterocycles. The van der Waals surface area contributed by atoms with E-state index in [4.69, 9.17) is 21.4 Å². The first-order valence-corrected chi connectivity index (χ1v) is 18.6. The predicted octanol–water partition coefficient (Wildman–Crippen LogP) is 10.0. The molecule has 0 fully saturated rings. The monoisotopic (exact) mass is 659 g/mol. The van der Waals surface area contributed by atoms with Crippen molar-refractivity contribution in [3.8, 4) is 5.75 Å². The van der Waals surface area contributed by atoms with Gasteiger partial charge in [0.05, 0.1) is 10.6 Å². The maximum absolute atomic E-state index is 13.6. The Labute approximate surface area is 279 Å². The highest BCUT2D eigenvalue weighted by Gasteiger charge is 2.40. The first kappa shape index (κ1) is 40.5. The van der Waals surface area contributed by atoms with Crippen molar-refractivity contribution in [1.29, 1.82) is 0 Å². The maximum atomic E-state index is 13.6. The summed E-state index contributed by atoms with van der Waals surface area (Å²) >= 11 is 5.89. The molecule has 45 heavy (non-hydrogen) atoms. The SMILES string of the molecule is CC.CCCC.CCCCC1(C)C[C@H](c2ccc(OCc3ccc(CCl)cc3)cc2)c2cc(N(C)C)ccc2S(=O)(=O)C1.CO. The van der Waals surface area contributed by atoms with Crippen molar-refractivity contribution < 1.29 is 18.3 Å². The molecule has 0 spiro atoms. The summed E-state index contributed by atoms with van der Waals surface area (Å²) in [4.78, 5) is 2.51. The van der Waals surface area contributed by atoms with Crippen molar-refractivity contribution in [1.82, 2.24) is 0 Å². The summed E-state index contributed by atoms with van der Waals surface area (Å²) in [6, 6.07) is 22.1. The maximum Gasteiger partial charge on any atom is 0.179 e. The Morgan fingerprint density at radius 3 is 1.98 bits per heavy atom. The Balaban J connectivity index is 0.00000115. The van der Waals surface area contributed by atoms with Crippen LogP contribution in [0.3, 0.4) is 0 Å². The van der Waals surface area contributed by atoms with E-state index in [-0.39, 0.29) is 17.1 Å². The van der Waals surface area contributed by atoms with Crippen molar-refractivity contribution in [2.45, 2.75) is 103 Å². The zero-order chi connectivity index (χ0) is 34.0. The third-order valence-electron chi connectivity index (χ3n) is 7.95. The van der Waals surface area contributed by atoms with E-state index in [1.807, 2.05) is 81.4 Å². The molecule has 5 nitrogen and oxygen atoms in total. The number of hydrogen-bond acceptors (Lipinski definition) is 5. The molecule has 0 bridgehead atoms. The minimum absolute atomic E-state index is 0.00817. The van der Waals surface area contributed by atoms with Gasteiger partial charge in [0.1, 0.15) is 12.4 Å². The molecular weight excluding hydrogens is 602 g/mol. The average molecular weight is 660 g/mol. The lowest BCUT2D eigenvalue weighted by Gasteiger charge is -2.31. The van der Waals surface area contributed by atoms with Gasteiger partial charge < -0.3 is 14.7 Å². The van der Waals surface area contributed by atoms with Crippen LogP contribution in [-0.2, 0) is 22.3 Å². The lowest BCUT2D eigenvalue weighted by Crippen LogP contribution is -2.27. The number of benzene rings is 3. The van der Waals surface area contributed by atoms with Crippen LogP contribution in [0.25, 0.3) is 0 Å². The molecule has 0 saturated heterocycles. The topological polar surface area (TPSA) is 66.8 Å². The van der Waals surface area contributed by atoms with Gasteiger partial charge in [-0.15, -0.1) is 11.6 Å². The third-order valence-corrected chi connectivity index (χ3v) is 10.4. The number of fused-ring (bicyclic) bond motifs is 1. The van der Waals surface area contributed by atoms with E-state index in [0.717, 1.165) is 66.5 Å². The first-order chi connectivity index (χ1) is 21.6. The van der Waals surface area contributed by atoms with E-state index >= 15 is 0 Å². The number of halogens is 1. The van der Waals surface area contributed by atoms with Gasteiger partial charge in [0.2, 0.25) is 0 Å². The van der Waals surface area contributed by atoms with Crippen molar-refractivity contribution >= 4 is 27.1 Å². The molecule has 1 aliphatic rings. The van der Waals surface area contributed by atoms with Crippen LogP contribution in [-0.4, -0.2) is 40.5 Å². The van der Waals surface area contributed by atoms with Gasteiger partial charge >= 0.3 is 0 Å². The number of hydrogen-bond donors (Lipinski definition) is 1. The molecule has 3 aromatic rings. The Hall–Kier alpha value is -2.54. The minimum atomic E-state index is -3.40. The van der Waals surface area contributed by atoms with Gasteiger partial charge in [0, 0.05) is 38.7 Å². The summed E-state index contributed by atoms with van der Waals surface area (Å²) in [6.07, 6.45) is 6.41. The highest BCUT2D eigenvalue weighted by atomic mass is 35.5. The van der Waals surface area contributed by atoms with Crippen LogP contribution in [0.4, 0.5) is 5.69 Å². The molecular formula is C38H58ClNO4S. The van der Waals surface area contributed by atoms with Crippen LogP contribution in [0, 0.1) is 5.41 Å². The van der Waals surface area contributed by atoms with Crippen molar-refractivity contribution in [2.75, 3.05) is 31.9 Å². The van der Waals surface area contributed by atoms with Crippen LogP contribution in [0.5, 0.6) is 5.75 Å². The molecule has 0 aliphatic carbocycles. The van der Waals surface area contributed by atoms with Crippen LogP contribution in [0.15, 0.2) is 71.6 Å². The van der Waals surface area contributed by atoms with Crippen LogP contribution < -0.4 is 9.64 Å². The number of ether oxygens (including phenoxy) is 1. The van der Waals surface area contributed by atoms with Gasteiger partial charge in [0.25, 0.3) is 0 Å². The largest absolute Gasteiger partial charge is 0.489 e. The van der Waals surface area contributed by atoms with E-state index < -0.39 is 9.84 Å². The molecule has 3 aromatic carbocycles. The van der Waals surface area contributed by atoms with Gasteiger partial charge in [-0.05, 0) is 70.8 Å². The summed E-state index contributed by atoms with van der Waals surface area (Å²) in [5, 5.41) is 7.00. The standard InChI is InChI=1S/C31H38ClNO3S.C4H10.C2H6.CH4O/c1-5-6-17-31(2)19-29(28-18-26(33(3)4)13-16-30(28)37(34,35)22-31)25-11-14-27(15-12-25)36-21-24-9-7-23(20-32)8-10-24;1-3-4-2;2*1-2/h7-16,18,29H,5-6,17,19-22H2,1-4H3;3-4H2,1-2H3;1-2H3;2H,1H3/t29-,31?;;;/m1.../s1. The molecule has 4 rings (SSSR count). The molecule has 2 atom stereocenters. The van der Waals surface area contributed by atoms with E-state index in [2.05, 4.69) is 45.9 Å². The predicted molar refractivity (Wildman–Crippen MR) is 194 cm³/mol. The van der Waals surface area contributed by atoms with Crippen LogP contribution in [0.2, 0.25) is 0 Å². The lowest BCUT2D eigenvalue weighted by atomic mass is 9.74. The van der Waals surface area contributed by atoms with Gasteiger partial charge in [-0.25, -0.2) is 8.42 Å². The van der Waals surface area contributed by atoms with Crippen molar-refractivity contribution in [2.24, 2.45) is 5.41 Å². The smallest absolute Gasteiger partial charge is 0.179 e. The zero-order valence-electron chi connectivity index (χ0n) is 29.2. The fourth-order valence-electron chi connectivity index (χ4n) is 5.33. The fourth-order valence-corrected chi connectivity index (χ4v) is 7.68. The number of anilines is 1. The Kier molecular flexibility index (Phi) is 18.5. The Morgan fingerprint density at radius 1 is 0.889 bits per heavy atom. The average Bonchev–Trinajstić information content (AvgIpc) is 3.16. The fraction of sp³-hybridized carbons (Fsp3) is 0.526. The minimum Gasteiger partial charge on any atom is -0.489 e. The lowest BCUT2D eigenvalue weighted by molar-refractivity contribution is 0.289. The highest BCUT2D eigenvalue weighted by molar-refractivity contribution is 7.91. The van der Waals surface area contributed by atoms with Crippen molar-refractivity contribution in [3.63, 3.8) is 0 Å². The molecule has 0 amide bonds. The normalized spacial score (nSPS) is 17.9. The van der Waals surface area contributed by atoms with Crippen LogP contribution in [0.1, 0.15) is 108 Å². The molecule has 1 N–H and O–H groups in total. The molecule has 252 valence electrons. The first-order valence-electron chi connectivity index (χ1n) is 16.4. The Morgan fingerprint density at radius 2 is 1.47 bits per heavy atom. The zero-order valence-corrected chi connectivity index (χ0v) is 30.8. The summed E-state index contributed by atoms with van der Waals surface area (Å²) in [6.45, 7) is 13.2. The quantitative estimate of drug-likeness (QED) is 0.219. The van der Waals surface area contributed by atoms with Gasteiger partial charge in [-0.1, -0.05) is 104 Å². The van der Waals surface area contributed by atoms with Gasteiger partial charge in [0.15, 0.2) is 9.84 Å². The number of nitrogens with zero attached hydrogens (tertiary/aromatic N) is 1. The third kappa shape index (κ3) is 12.3. The second-order valence-electron chi connectivity index (χ2n) is 11.9. The summed E-state index contributed by atoms with van der Waals surface area (Å²) in [5.41, 5.74) is 4.92. The summed E-state index contributed by atoms with van der Waals surface area (Å²) in [5.74, 6) is 1.48. The second kappa shape index (κ2) is 20.6. The number of sulfone groups is 1. The molecule has 0 aromatic heterocycles. The van der Waals surface area contributed by atoms with Gasteiger partial charge in [-0.3, -0.25) is 0 Å². The number of aliphatic hydroxyl groups excluding tert-OH is 1. The number of rotatable bonds is 10. The number of unbranched alkanes of at least 4 members (excludes halogenated alkanes) is 2. The summed E-state index contributed by atoms with van der Waals surface area (Å²) in [7, 11) is 1.57. The van der Waals surface area contributed by atoms with Gasteiger partial charge in [-0.2, -0.15) is 0 Å². The molecule has 1 heterocycles. The van der Waals surface area contributed by atoms with Crippen LogP contribution >= 0.6 is 11.6 Å². The van der Waals surface area contributed by atoms with Crippen molar-refractivity contribution in [3.05, 3.63) is 89.0 Å². The number of alkyl halides is 1. The molecule has 1 unspecified atom stereocenters. The summed E-state index contributed by atoms with van der Waals surface area (Å²) < 4.78 is 33.3. The highest BCUT2D eigenvalue weighted by Crippen LogP contribution is 2.47. The second-order valence-corrected chi connectivity index (χ2v) is 14.1. The van der Waals surface area contributed by atoms with E-state index in [0.29, 0.717) is 17.4 Å². The van der Waals surface area contributed by atoms with E-state index in [1.54, 1.807) is 0 Å².